The van der Waals surface area contributed by atoms with Crippen LogP contribution in [0.15, 0.2) is 6.33 Å². The van der Waals surface area contributed by atoms with Crippen molar-refractivity contribution < 1.29 is 19.2 Å². The summed E-state index contributed by atoms with van der Waals surface area (Å²) in [6.07, 6.45) is 1.51. The highest BCUT2D eigenvalue weighted by Crippen LogP contribution is 2.31. The molecular weight excluding hydrogens is 282 g/mol. The zero-order chi connectivity index (χ0) is 15.6. The van der Waals surface area contributed by atoms with Gasteiger partial charge in [0.15, 0.2) is 0 Å². The Morgan fingerprint density at radius 1 is 1.48 bits per heavy atom. The number of imide groups is 1. The molecule has 0 saturated carbocycles. The van der Waals surface area contributed by atoms with E-state index in [-0.39, 0.29) is 30.4 Å². The van der Waals surface area contributed by atoms with Crippen LogP contribution in [-0.4, -0.2) is 51.8 Å². The molecule has 2 amide bonds. The first-order chi connectivity index (χ1) is 9.95. The lowest BCUT2D eigenvalue weighted by molar-refractivity contribution is -0.385. The van der Waals surface area contributed by atoms with Gasteiger partial charge in [-0.2, -0.15) is 4.98 Å². The molecule has 1 aromatic heterocycles. The number of hydrogen-bond acceptors (Lipinski definition) is 8. The Hall–Kier alpha value is -2.78. The van der Waals surface area contributed by atoms with Gasteiger partial charge in [-0.15, -0.1) is 0 Å². The van der Waals surface area contributed by atoms with Gasteiger partial charge in [0.05, 0.1) is 12.0 Å². The number of anilines is 1. The zero-order valence-electron chi connectivity index (χ0n) is 11.4. The van der Waals surface area contributed by atoms with E-state index in [0.29, 0.717) is 0 Å². The number of nitro groups is 1. The first-order valence-electron chi connectivity index (χ1n) is 6.06. The molecule has 0 spiro atoms. The third-order valence-electron chi connectivity index (χ3n) is 3.13. The Balaban J connectivity index is 2.30. The lowest BCUT2D eigenvalue weighted by atomic mass is 10.0. The number of methoxy groups -OCH3 is 1. The van der Waals surface area contributed by atoms with Gasteiger partial charge in [-0.1, -0.05) is 0 Å². The van der Waals surface area contributed by atoms with Gasteiger partial charge in [0, 0.05) is 13.5 Å². The second-order valence-corrected chi connectivity index (χ2v) is 4.36. The second-order valence-electron chi connectivity index (χ2n) is 4.36. The normalized spacial score (nSPS) is 18.6. The molecule has 2 heterocycles. The minimum atomic E-state index is -0.758. The summed E-state index contributed by atoms with van der Waals surface area (Å²) in [5, 5.41) is 13.8. The van der Waals surface area contributed by atoms with Crippen LogP contribution in [-0.2, 0) is 9.59 Å². The largest absolute Gasteiger partial charge is 0.476 e. The molecule has 1 aromatic rings. The van der Waals surface area contributed by atoms with Crippen LogP contribution in [0.5, 0.6) is 5.88 Å². The number of carbonyl (C=O) groups is 2. The Morgan fingerprint density at radius 3 is 2.81 bits per heavy atom. The predicted octanol–water partition coefficient (Wildman–Crippen LogP) is -0.0473. The molecule has 1 unspecified atom stereocenters. The van der Waals surface area contributed by atoms with E-state index < -0.39 is 22.6 Å². The highest BCUT2D eigenvalue weighted by Gasteiger charge is 2.34. The van der Waals surface area contributed by atoms with Crippen molar-refractivity contribution in [2.75, 3.05) is 19.5 Å². The minimum absolute atomic E-state index is 0.118. The van der Waals surface area contributed by atoms with Crippen molar-refractivity contribution in [3.05, 3.63) is 16.4 Å². The van der Waals surface area contributed by atoms with Gasteiger partial charge in [0.1, 0.15) is 12.4 Å². The van der Waals surface area contributed by atoms with Gasteiger partial charge in [0.2, 0.25) is 11.7 Å². The van der Waals surface area contributed by atoms with E-state index in [4.69, 9.17) is 4.74 Å². The maximum Gasteiger partial charge on any atom is 0.372 e. The van der Waals surface area contributed by atoms with Crippen molar-refractivity contribution in [1.29, 1.82) is 0 Å². The first kappa shape index (κ1) is 14.6. The number of hydrogen-bond donors (Lipinski definition) is 1. The standard InChI is InChI=1S/C11H13N5O5/c1-15-7(17)4-3-6(11(15)18)14-9-8(16(19)20)10(21-2)13-5-12-9/h5-6H,3-4H2,1-2H3,(H,12,13,14). The Kier molecular flexibility index (Phi) is 3.96. The molecule has 1 saturated heterocycles. The summed E-state index contributed by atoms with van der Waals surface area (Å²) in [4.78, 5) is 42.2. The van der Waals surface area contributed by atoms with Crippen molar-refractivity contribution in [2.45, 2.75) is 18.9 Å². The maximum atomic E-state index is 12.0. The molecule has 0 bridgehead atoms. The molecule has 0 aliphatic carbocycles. The van der Waals surface area contributed by atoms with Gasteiger partial charge in [-0.3, -0.25) is 24.6 Å². The van der Waals surface area contributed by atoms with Crippen molar-refractivity contribution in [1.82, 2.24) is 14.9 Å². The summed E-state index contributed by atoms with van der Waals surface area (Å²) in [5.74, 6) is -1.07. The monoisotopic (exact) mass is 295 g/mol. The van der Waals surface area contributed by atoms with E-state index in [0.717, 1.165) is 11.2 Å². The van der Waals surface area contributed by atoms with Crippen LogP contribution in [0.1, 0.15) is 12.8 Å². The number of carbonyl (C=O) groups excluding carboxylic acids is 2. The van der Waals surface area contributed by atoms with Crippen LogP contribution >= 0.6 is 0 Å². The van der Waals surface area contributed by atoms with Crippen molar-refractivity contribution in [2.24, 2.45) is 0 Å². The fraction of sp³-hybridized carbons (Fsp3) is 0.455. The van der Waals surface area contributed by atoms with Crippen molar-refractivity contribution in [3.63, 3.8) is 0 Å². The molecular formula is C11H13N5O5. The predicted molar refractivity (Wildman–Crippen MR) is 69.7 cm³/mol. The number of nitrogens with one attached hydrogen (secondary N) is 1. The van der Waals surface area contributed by atoms with E-state index in [1.165, 1.54) is 14.2 Å². The number of nitrogens with zero attached hydrogens (tertiary/aromatic N) is 4. The molecule has 112 valence electrons. The first-order valence-corrected chi connectivity index (χ1v) is 6.06. The van der Waals surface area contributed by atoms with Crippen LogP contribution in [0.4, 0.5) is 11.5 Å². The molecule has 2 rings (SSSR count). The summed E-state index contributed by atoms with van der Waals surface area (Å²) in [7, 11) is 2.62. The molecule has 0 aromatic carbocycles. The fourth-order valence-electron chi connectivity index (χ4n) is 2.00. The van der Waals surface area contributed by atoms with Gasteiger partial charge < -0.3 is 10.1 Å². The Labute approximate surface area is 119 Å². The van der Waals surface area contributed by atoms with E-state index in [2.05, 4.69) is 15.3 Å². The highest BCUT2D eigenvalue weighted by atomic mass is 16.6. The van der Waals surface area contributed by atoms with Gasteiger partial charge >= 0.3 is 5.69 Å². The average Bonchev–Trinajstić information content (AvgIpc) is 2.47. The number of amides is 2. The molecule has 10 nitrogen and oxygen atoms in total. The number of piperidine rings is 1. The summed E-state index contributed by atoms with van der Waals surface area (Å²) >= 11 is 0. The quantitative estimate of drug-likeness (QED) is 0.465. The molecule has 1 fully saturated rings. The second kappa shape index (κ2) is 5.69. The average molecular weight is 295 g/mol. The van der Waals surface area contributed by atoms with Gasteiger partial charge in [-0.25, -0.2) is 4.98 Å². The summed E-state index contributed by atoms with van der Waals surface area (Å²) in [6, 6.07) is -0.758. The van der Waals surface area contributed by atoms with Crippen LogP contribution in [0.2, 0.25) is 0 Å². The van der Waals surface area contributed by atoms with Crippen molar-refractivity contribution in [3.8, 4) is 5.88 Å². The Bertz CT molecular complexity index is 605. The van der Waals surface area contributed by atoms with Crippen LogP contribution in [0.25, 0.3) is 0 Å². The molecule has 1 atom stereocenters. The summed E-state index contributed by atoms with van der Waals surface area (Å²) in [5.41, 5.74) is -0.452. The van der Waals surface area contributed by atoms with E-state index in [1.54, 1.807) is 0 Å². The number of aromatic nitrogens is 2. The molecule has 0 radical (unpaired) electrons. The SMILES string of the molecule is COc1ncnc(NC2CCC(=O)N(C)C2=O)c1[N+](=O)[O-]. The summed E-state index contributed by atoms with van der Waals surface area (Å²) in [6.45, 7) is 0. The molecule has 10 heteroatoms. The van der Waals surface area contributed by atoms with Crippen molar-refractivity contribution >= 4 is 23.3 Å². The van der Waals surface area contributed by atoms with Crippen LogP contribution in [0, 0.1) is 10.1 Å². The lowest BCUT2D eigenvalue weighted by Crippen LogP contribution is -2.48. The maximum absolute atomic E-state index is 12.0. The molecule has 1 N–H and O–H groups in total. The fourth-order valence-corrected chi connectivity index (χ4v) is 2.00. The van der Waals surface area contributed by atoms with E-state index >= 15 is 0 Å². The smallest absolute Gasteiger partial charge is 0.372 e. The third kappa shape index (κ3) is 2.73. The van der Waals surface area contributed by atoms with Gasteiger partial charge in [0.25, 0.3) is 11.8 Å². The van der Waals surface area contributed by atoms with Gasteiger partial charge in [-0.05, 0) is 6.42 Å². The minimum Gasteiger partial charge on any atom is -0.476 e. The Morgan fingerprint density at radius 2 is 2.19 bits per heavy atom. The van der Waals surface area contributed by atoms with E-state index in [1.807, 2.05) is 0 Å². The number of ether oxygens (including phenoxy) is 1. The van der Waals surface area contributed by atoms with Crippen LogP contribution in [0.3, 0.4) is 0 Å². The molecule has 21 heavy (non-hydrogen) atoms. The van der Waals surface area contributed by atoms with E-state index in [9.17, 15) is 19.7 Å². The topological polar surface area (TPSA) is 128 Å². The molecule has 1 aliphatic rings. The zero-order valence-corrected chi connectivity index (χ0v) is 11.4. The number of likely N-dealkylation sites (N-methyl/N-ethyl adjacent to an activating group) is 1. The third-order valence-corrected chi connectivity index (χ3v) is 3.13. The highest BCUT2D eigenvalue weighted by molar-refractivity contribution is 6.01. The summed E-state index contributed by atoms with van der Waals surface area (Å²) < 4.78 is 4.82. The molecule has 1 aliphatic heterocycles. The number of likely N-dealkylation sites (tertiary alicyclic amines) is 1. The number of rotatable bonds is 4. The lowest BCUT2D eigenvalue weighted by Gasteiger charge is -2.28. The van der Waals surface area contributed by atoms with Crippen LogP contribution < -0.4 is 10.1 Å².